The minimum absolute atomic E-state index is 0.107. The summed E-state index contributed by atoms with van der Waals surface area (Å²) in [6.45, 7) is 4.72. The van der Waals surface area contributed by atoms with E-state index in [4.69, 9.17) is 10.7 Å². The molecule has 2 heterocycles. The lowest BCUT2D eigenvalue weighted by molar-refractivity contribution is 0.1000. The van der Waals surface area contributed by atoms with Crippen LogP contribution in [0, 0.1) is 6.92 Å². The monoisotopic (exact) mass is 337 g/mol. The van der Waals surface area contributed by atoms with Gasteiger partial charge in [0, 0.05) is 35.5 Å². The fourth-order valence-electron chi connectivity index (χ4n) is 3.48. The van der Waals surface area contributed by atoms with E-state index in [-0.39, 0.29) is 6.61 Å². The van der Waals surface area contributed by atoms with Crippen molar-refractivity contribution in [2.24, 2.45) is 5.73 Å². The van der Waals surface area contributed by atoms with E-state index in [0.717, 1.165) is 40.0 Å². The molecule has 0 saturated carbocycles. The zero-order valence-corrected chi connectivity index (χ0v) is 14.6. The molecule has 0 fully saturated rings. The number of pyridine rings is 1. The van der Waals surface area contributed by atoms with Crippen molar-refractivity contribution < 1.29 is 9.90 Å². The van der Waals surface area contributed by atoms with Gasteiger partial charge in [-0.15, -0.1) is 0 Å². The van der Waals surface area contributed by atoms with Crippen LogP contribution in [0.1, 0.15) is 35.1 Å². The Morgan fingerprint density at radius 1 is 1.24 bits per heavy atom. The van der Waals surface area contributed by atoms with E-state index in [1.165, 1.54) is 0 Å². The minimum Gasteiger partial charge on any atom is -0.396 e. The molecule has 0 atom stereocenters. The number of amides is 1. The summed E-state index contributed by atoms with van der Waals surface area (Å²) in [5.74, 6) is -0.445. The Labute approximate surface area is 147 Å². The Bertz CT molecular complexity index is 928. The summed E-state index contributed by atoms with van der Waals surface area (Å²) in [7, 11) is 0. The molecule has 0 aliphatic rings. The molecule has 3 rings (SSSR count). The number of aliphatic hydroxyl groups is 1. The predicted octanol–water partition coefficient (Wildman–Crippen LogP) is 3.06. The normalized spacial score (nSPS) is 11.2. The van der Waals surface area contributed by atoms with E-state index in [9.17, 15) is 9.90 Å². The molecule has 1 aromatic carbocycles. The third-order valence-electron chi connectivity index (χ3n) is 4.61. The van der Waals surface area contributed by atoms with Crippen LogP contribution in [0.4, 0.5) is 0 Å². The summed E-state index contributed by atoms with van der Waals surface area (Å²) in [5.41, 5.74) is 10.6. The molecule has 0 aliphatic carbocycles. The predicted molar refractivity (Wildman–Crippen MR) is 99.5 cm³/mol. The van der Waals surface area contributed by atoms with Gasteiger partial charge in [-0.3, -0.25) is 4.79 Å². The SMILES string of the molecule is CCc1c(-c2ccc3ccccc3n2)c(C(N)=O)c(C)n1CCCO. The van der Waals surface area contributed by atoms with Crippen LogP contribution in [0.15, 0.2) is 36.4 Å². The molecule has 5 nitrogen and oxygen atoms in total. The fourth-order valence-corrected chi connectivity index (χ4v) is 3.48. The third kappa shape index (κ3) is 3.03. The molecule has 0 radical (unpaired) electrons. The van der Waals surface area contributed by atoms with Gasteiger partial charge in [0.05, 0.1) is 16.8 Å². The first kappa shape index (κ1) is 17.2. The van der Waals surface area contributed by atoms with Crippen LogP contribution in [0.3, 0.4) is 0 Å². The number of hydrogen-bond acceptors (Lipinski definition) is 3. The standard InChI is InChI=1S/C20H23N3O2/c1-3-17-19(16-10-9-14-7-4-5-8-15(14)22-16)18(20(21)25)13(2)23(17)11-6-12-24/h4-5,7-10,24H,3,6,11-12H2,1-2H3,(H2,21,25). The highest BCUT2D eigenvalue weighted by Crippen LogP contribution is 2.33. The van der Waals surface area contributed by atoms with Gasteiger partial charge in [0.15, 0.2) is 0 Å². The van der Waals surface area contributed by atoms with Gasteiger partial charge in [0.1, 0.15) is 0 Å². The lowest BCUT2D eigenvalue weighted by atomic mass is 10.0. The van der Waals surface area contributed by atoms with Crippen molar-refractivity contribution in [3.63, 3.8) is 0 Å². The van der Waals surface area contributed by atoms with Crippen LogP contribution in [0.2, 0.25) is 0 Å². The highest BCUT2D eigenvalue weighted by molar-refractivity contribution is 6.02. The third-order valence-corrected chi connectivity index (χ3v) is 4.61. The van der Waals surface area contributed by atoms with Crippen molar-refractivity contribution in [1.29, 1.82) is 0 Å². The van der Waals surface area contributed by atoms with E-state index >= 15 is 0 Å². The first-order valence-corrected chi connectivity index (χ1v) is 8.57. The number of fused-ring (bicyclic) bond motifs is 1. The maximum Gasteiger partial charge on any atom is 0.251 e. The molecular weight excluding hydrogens is 314 g/mol. The van der Waals surface area contributed by atoms with Gasteiger partial charge >= 0.3 is 0 Å². The van der Waals surface area contributed by atoms with Crippen molar-refractivity contribution in [3.8, 4) is 11.3 Å². The number of carbonyl (C=O) groups is 1. The second kappa shape index (κ2) is 7.07. The quantitative estimate of drug-likeness (QED) is 0.725. The molecule has 3 aromatic rings. The number of aromatic nitrogens is 2. The summed E-state index contributed by atoms with van der Waals surface area (Å²) in [6, 6.07) is 11.9. The Balaban J connectivity index is 2.26. The topological polar surface area (TPSA) is 81.1 Å². The molecule has 130 valence electrons. The van der Waals surface area contributed by atoms with Crippen LogP contribution in [0.5, 0.6) is 0 Å². The average Bonchev–Trinajstić information content (AvgIpc) is 2.91. The lowest BCUT2D eigenvalue weighted by Gasteiger charge is -2.11. The molecule has 0 spiro atoms. The van der Waals surface area contributed by atoms with Gasteiger partial charge in [0.25, 0.3) is 5.91 Å². The maximum absolute atomic E-state index is 12.2. The molecule has 0 bridgehead atoms. The van der Waals surface area contributed by atoms with E-state index in [0.29, 0.717) is 18.5 Å². The molecule has 3 N–H and O–H groups in total. The van der Waals surface area contributed by atoms with Gasteiger partial charge in [-0.05, 0) is 31.9 Å². The van der Waals surface area contributed by atoms with Gasteiger partial charge < -0.3 is 15.4 Å². The first-order valence-electron chi connectivity index (χ1n) is 8.57. The van der Waals surface area contributed by atoms with Crippen molar-refractivity contribution >= 4 is 16.8 Å². The second-order valence-electron chi connectivity index (χ2n) is 6.12. The number of carbonyl (C=O) groups excluding carboxylic acids is 1. The number of rotatable bonds is 6. The van der Waals surface area contributed by atoms with Crippen molar-refractivity contribution in [3.05, 3.63) is 53.3 Å². The highest BCUT2D eigenvalue weighted by atomic mass is 16.3. The summed E-state index contributed by atoms with van der Waals surface area (Å²) in [5, 5.41) is 10.2. The number of nitrogens with two attached hydrogens (primary N) is 1. The van der Waals surface area contributed by atoms with Crippen LogP contribution in [-0.4, -0.2) is 27.2 Å². The van der Waals surface area contributed by atoms with Crippen LogP contribution < -0.4 is 5.73 Å². The Hall–Kier alpha value is -2.66. The van der Waals surface area contributed by atoms with Gasteiger partial charge in [-0.1, -0.05) is 31.2 Å². The van der Waals surface area contributed by atoms with Gasteiger partial charge in [-0.25, -0.2) is 4.98 Å². The molecule has 0 aliphatic heterocycles. The number of aliphatic hydroxyl groups excluding tert-OH is 1. The molecule has 0 unspecified atom stereocenters. The zero-order valence-electron chi connectivity index (χ0n) is 14.6. The van der Waals surface area contributed by atoms with Gasteiger partial charge in [-0.2, -0.15) is 0 Å². The average molecular weight is 337 g/mol. The largest absolute Gasteiger partial charge is 0.396 e. The Morgan fingerprint density at radius 2 is 2.00 bits per heavy atom. The van der Waals surface area contributed by atoms with E-state index in [1.807, 2.05) is 43.3 Å². The Kier molecular flexibility index (Phi) is 4.86. The number of hydrogen-bond donors (Lipinski definition) is 2. The minimum atomic E-state index is -0.445. The van der Waals surface area contributed by atoms with Gasteiger partial charge in [0.2, 0.25) is 0 Å². The maximum atomic E-state index is 12.2. The molecule has 1 amide bonds. The number of benzene rings is 1. The van der Waals surface area contributed by atoms with Crippen LogP contribution in [-0.2, 0) is 13.0 Å². The van der Waals surface area contributed by atoms with Crippen molar-refractivity contribution in [1.82, 2.24) is 9.55 Å². The summed E-state index contributed by atoms with van der Waals surface area (Å²) >= 11 is 0. The van der Waals surface area contributed by atoms with E-state index < -0.39 is 5.91 Å². The molecule has 2 aromatic heterocycles. The zero-order chi connectivity index (χ0) is 18.0. The van der Waals surface area contributed by atoms with E-state index in [1.54, 1.807) is 0 Å². The number of para-hydroxylation sites is 1. The Morgan fingerprint density at radius 3 is 2.68 bits per heavy atom. The summed E-state index contributed by atoms with van der Waals surface area (Å²) in [6.07, 6.45) is 1.38. The first-order chi connectivity index (χ1) is 12.1. The highest BCUT2D eigenvalue weighted by Gasteiger charge is 2.24. The van der Waals surface area contributed by atoms with E-state index in [2.05, 4.69) is 11.5 Å². The number of nitrogens with zero attached hydrogens (tertiary/aromatic N) is 2. The van der Waals surface area contributed by atoms with Crippen molar-refractivity contribution in [2.75, 3.05) is 6.61 Å². The molecule has 25 heavy (non-hydrogen) atoms. The number of primary amides is 1. The molecular formula is C20H23N3O2. The van der Waals surface area contributed by atoms with Crippen LogP contribution in [0.25, 0.3) is 22.2 Å². The second-order valence-corrected chi connectivity index (χ2v) is 6.12. The fraction of sp³-hybridized carbons (Fsp3) is 0.300. The molecule has 0 saturated heterocycles. The summed E-state index contributed by atoms with van der Waals surface area (Å²) < 4.78 is 2.09. The smallest absolute Gasteiger partial charge is 0.251 e. The lowest BCUT2D eigenvalue weighted by Crippen LogP contribution is -2.14. The van der Waals surface area contributed by atoms with Crippen molar-refractivity contribution in [2.45, 2.75) is 33.2 Å². The van der Waals surface area contributed by atoms with Crippen LogP contribution >= 0.6 is 0 Å². The molecule has 5 heteroatoms. The summed E-state index contributed by atoms with van der Waals surface area (Å²) in [4.78, 5) is 16.9.